The van der Waals surface area contributed by atoms with Gasteiger partial charge in [-0.3, -0.25) is 14.2 Å². The average molecular weight is 354 g/mol. The number of benzene rings is 1. The highest BCUT2D eigenvalue weighted by atomic mass is 16.5. The number of hydrogen-bond donors (Lipinski definition) is 0. The zero-order valence-electron chi connectivity index (χ0n) is 14.9. The molecule has 0 unspecified atom stereocenters. The maximum Gasteiger partial charge on any atom is 0.340 e. The minimum Gasteiger partial charge on any atom is -0.347 e. The standard InChI is InChI=1S/C20H22N2O4/c1-4-20(5-2)14(3)13-17(26-20)21-12-11-16(23)22(19(21)25)18(24)15-9-7-6-8-10-15/h4,6-12,14,17H,1,5,13H2,2-3H3/t14-,17+,20+/m0/s1. The van der Waals surface area contributed by atoms with Crippen LogP contribution in [0.1, 0.15) is 43.3 Å². The SMILES string of the molecule is C=C[C@]1(CC)O[C@@H](n2ccc(=O)n(C(=O)c3ccccc3)c2=O)C[C@@H]1C. The topological polar surface area (TPSA) is 70.3 Å². The second-order valence-corrected chi connectivity index (χ2v) is 6.57. The van der Waals surface area contributed by atoms with Gasteiger partial charge in [0.1, 0.15) is 6.23 Å². The maximum atomic E-state index is 12.9. The van der Waals surface area contributed by atoms with Crippen LogP contribution in [0.25, 0.3) is 0 Å². The predicted octanol–water partition coefficient (Wildman–Crippen LogP) is 2.59. The molecule has 6 nitrogen and oxygen atoms in total. The summed E-state index contributed by atoms with van der Waals surface area (Å²) in [5.74, 6) is -0.487. The summed E-state index contributed by atoms with van der Waals surface area (Å²) in [4.78, 5) is 37.7. The lowest BCUT2D eigenvalue weighted by molar-refractivity contribution is -0.0563. The molecule has 0 spiro atoms. The molecule has 0 bridgehead atoms. The number of hydrogen-bond acceptors (Lipinski definition) is 4. The largest absolute Gasteiger partial charge is 0.347 e. The van der Waals surface area contributed by atoms with E-state index in [1.54, 1.807) is 36.4 Å². The summed E-state index contributed by atoms with van der Waals surface area (Å²) in [7, 11) is 0. The van der Waals surface area contributed by atoms with Crippen molar-refractivity contribution in [3.05, 3.63) is 81.7 Å². The smallest absolute Gasteiger partial charge is 0.340 e. The molecule has 0 radical (unpaired) electrons. The molecular formula is C20H22N2O4. The zero-order valence-corrected chi connectivity index (χ0v) is 14.9. The number of ether oxygens (including phenoxy) is 1. The highest BCUT2D eigenvalue weighted by Crippen LogP contribution is 2.43. The predicted molar refractivity (Wildman–Crippen MR) is 98.3 cm³/mol. The Bertz CT molecular complexity index is 944. The van der Waals surface area contributed by atoms with Crippen LogP contribution < -0.4 is 11.2 Å². The lowest BCUT2D eigenvalue weighted by Crippen LogP contribution is -2.44. The summed E-state index contributed by atoms with van der Waals surface area (Å²) < 4.78 is 8.10. The lowest BCUT2D eigenvalue weighted by atomic mass is 9.86. The first-order chi connectivity index (χ1) is 12.4. The van der Waals surface area contributed by atoms with Crippen molar-refractivity contribution in [2.24, 2.45) is 5.92 Å². The molecule has 0 saturated carbocycles. The Morgan fingerprint density at radius 1 is 1.31 bits per heavy atom. The van der Waals surface area contributed by atoms with Gasteiger partial charge in [-0.1, -0.05) is 38.1 Å². The normalized spacial score (nSPS) is 25.2. The monoisotopic (exact) mass is 354 g/mol. The molecule has 2 heterocycles. The van der Waals surface area contributed by atoms with Crippen LogP contribution in [-0.4, -0.2) is 20.6 Å². The Balaban J connectivity index is 2.05. The number of carbonyl (C=O) groups excluding carboxylic acids is 1. The van der Waals surface area contributed by atoms with Crippen molar-refractivity contribution in [1.82, 2.24) is 9.13 Å². The molecule has 0 amide bonds. The highest BCUT2D eigenvalue weighted by molar-refractivity contribution is 5.95. The molecule has 1 fully saturated rings. The van der Waals surface area contributed by atoms with E-state index in [0.29, 0.717) is 11.0 Å². The van der Waals surface area contributed by atoms with E-state index in [9.17, 15) is 14.4 Å². The van der Waals surface area contributed by atoms with Gasteiger partial charge in [0, 0.05) is 17.8 Å². The van der Waals surface area contributed by atoms with Crippen molar-refractivity contribution in [3.63, 3.8) is 0 Å². The van der Waals surface area contributed by atoms with Crippen LogP contribution in [0, 0.1) is 5.92 Å². The van der Waals surface area contributed by atoms with Crippen LogP contribution in [0.4, 0.5) is 0 Å². The summed E-state index contributed by atoms with van der Waals surface area (Å²) in [6, 6.07) is 9.48. The molecule has 1 aliphatic heterocycles. The van der Waals surface area contributed by atoms with Crippen molar-refractivity contribution in [2.75, 3.05) is 0 Å². The first-order valence-electron chi connectivity index (χ1n) is 8.69. The fourth-order valence-corrected chi connectivity index (χ4v) is 3.52. The van der Waals surface area contributed by atoms with Crippen LogP contribution >= 0.6 is 0 Å². The van der Waals surface area contributed by atoms with Crippen LogP contribution in [0.2, 0.25) is 0 Å². The van der Waals surface area contributed by atoms with Gasteiger partial charge in [0.2, 0.25) is 0 Å². The fourth-order valence-electron chi connectivity index (χ4n) is 3.52. The van der Waals surface area contributed by atoms with Gasteiger partial charge in [-0.25, -0.2) is 4.79 Å². The van der Waals surface area contributed by atoms with E-state index < -0.39 is 29.0 Å². The van der Waals surface area contributed by atoms with E-state index >= 15 is 0 Å². The lowest BCUT2D eigenvalue weighted by Gasteiger charge is -2.28. The Kier molecular flexibility index (Phi) is 4.78. The van der Waals surface area contributed by atoms with Gasteiger partial charge < -0.3 is 4.74 Å². The maximum absolute atomic E-state index is 12.9. The molecule has 6 heteroatoms. The molecule has 2 aromatic rings. The van der Waals surface area contributed by atoms with Crippen LogP contribution in [-0.2, 0) is 4.74 Å². The molecular weight excluding hydrogens is 332 g/mol. The molecule has 3 rings (SSSR count). The Morgan fingerprint density at radius 2 is 2.00 bits per heavy atom. The van der Waals surface area contributed by atoms with Crippen molar-refractivity contribution in [1.29, 1.82) is 0 Å². The van der Waals surface area contributed by atoms with E-state index in [0.717, 1.165) is 6.42 Å². The van der Waals surface area contributed by atoms with Gasteiger partial charge in [0.25, 0.3) is 11.5 Å². The van der Waals surface area contributed by atoms with Crippen LogP contribution in [0.5, 0.6) is 0 Å². The summed E-state index contributed by atoms with van der Waals surface area (Å²) in [5, 5.41) is 0. The molecule has 1 aromatic carbocycles. The molecule has 1 saturated heterocycles. The summed E-state index contributed by atoms with van der Waals surface area (Å²) >= 11 is 0. The Hall–Kier alpha value is -2.73. The fraction of sp³-hybridized carbons (Fsp3) is 0.350. The summed E-state index contributed by atoms with van der Waals surface area (Å²) in [6.45, 7) is 7.91. The summed E-state index contributed by atoms with van der Waals surface area (Å²) in [5.41, 5.74) is -1.59. The van der Waals surface area contributed by atoms with Gasteiger partial charge in [-0.2, -0.15) is 4.57 Å². The third-order valence-corrected chi connectivity index (χ3v) is 5.19. The molecule has 0 aliphatic carbocycles. The van der Waals surface area contributed by atoms with E-state index in [2.05, 4.69) is 6.58 Å². The quantitative estimate of drug-likeness (QED) is 0.792. The minimum atomic E-state index is -0.695. The third-order valence-electron chi connectivity index (χ3n) is 5.19. The van der Waals surface area contributed by atoms with Crippen LogP contribution in [0.3, 0.4) is 0 Å². The second kappa shape index (κ2) is 6.88. The number of carbonyl (C=O) groups is 1. The molecule has 26 heavy (non-hydrogen) atoms. The first kappa shape index (κ1) is 18.1. The van der Waals surface area contributed by atoms with Crippen molar-refractivity contribution >= 4 is 5.91 Å². The summed E-state index contributed by atoms with van der Waals surface area (Å²) in [6.07, 6.45) is 3.94. The van der Waals surface area contributed by atoms with E-state index in [-0.39, 0.29) is 11.5 Å². The molecule has 1 aromatic heterocycles. The Labute approximate surface area is 151 Å². The molecule has 1 aliphatic rings. The van der Waals surface area contributed by atoms with Gasteiger partial charge in [-0.05, 0) is 30.9 Å². The third kappa shape index (κ3) is 2.86. The average Bonchev–Trinajstić information content (AvgIpc) is 2.99. The Morgan fingerprint density at radius 3 is 2.58 bits per heavy atom. The van der Waals surface area contributed by atoms with Crippen LogP contribution in [0.15, 0.2) is 64.8 Å². The van der Waals surface area contributed by atoms with E-state index in [1.165, 1.54) is 16.8 Å². The van der Waals surface area contributed by atoms with Gasteiger partial charge in [0.15, 0.2) is 0 Å². The highest BCUT2D eigenvalue weighted by Gasteiger charge is 2.43. The number of aromatic nitrogens is 2. The van der Waals surface area contributed by atoms with Crippen molar-refractivity contribution in [3.8, 4) is 0 Å². The minimum absolute atomic E-state index is 0.159. The van der Waals surface area contributed by atoms with E-state index in [4.69, 9.17) is 4.74 Å². The first-order valence-corrected chi connectivity index (χ1v) is 8.69. The van der Waals surface area contributed by atoms with Gasteiger partial charge >= 0.3 is 5.69 Å². The number of nitrogens with zero attached hydrogens (tertiary/aromatic N) is 2. The van der Waals surface area contributed by atoms with Crippen molar-refractivity contribution < 1.29 is 9.53 Å². The molecule has 3 atom stereocenters. The molecule has 0 N–H and O–H groups in total. The van der Waals surface area contributed by atoms with E-state index in [1.807, 2.05) is 13.8 Å². The molecule has 136 valence electrons. The van der Waals surface area contributed by atoms with Crippen molar-refractivity contribution in [2.45, 2.75) is 38.5 Å². The van der Waals surface area contributed by atoms with Gasteiger partial charge in [0.05, 0.1) is 5.60 Å². The second-order valence-electron chi connectivity index (χ2n) is 6.57. The zero-order chi connectivity index (χ0) is 18.9. The van der Waals surface area contributed by atoms with Gasteiger partial charge in [-0.15, -0.1) is 6.58 Å². The number of rotatable bonds is 4.